The van der Waals surface area contributed by atoms with Crippen molar-refractivity contribution in [2.24, 2.45) is 0 Å². The van der Waals surface area contributed by atoms with E-state index in [9.17, 15) is 9.59 Å². The summed E-state index contributed by atoms with van der Waals surface area (Å²) >= 11 is 0. The predicted octanol–water partition coefficient (Wildman–Crippen LogP) is 16.8. The highest BCUT2D eigenvalue weighted by Crippen LogP contribution is 2.14. The van der Waals surface area contributed by atoms with E-state index in [0.29, 0.717) is 19.4 Å². The summed E-state index contributed by atoms with van der Waals surface area (Å²) in [4.78, 5) is 25.3. The molecule has 1 atom stereocenters. The molecule has 0 aliphatic heterocycles. The Kier molecular flexibility index (Phi) is 47.4. The topological polar surface area (TPSA) is 61.8 Å². The molecule has 338 valence electrons. The van der Waals surface area contributed by atoms with E-state index in [1.807, 2.05) is 0 Å². The minimum atomic E-state index is -0.544. The lowest BCUT2D eigenvalue weighted by atomic mass is 10.1. The van der Waals surface area contributed by atoms with Crippen molar-refractivity contribution in [2.45, 2.75) is 258 Å². The predicted molar refractivity (Wildman–Crippen MR) is 251 cm³/mol. The molecular weight excluding hydrogens is 717 g/mol. The van der Waals surface area contributed by atoms with Gasteiger partial charge in [0.2, 0.25) is 0 Å². The molecule has 0 aromatic heterocycles. The van der Waals surface area contributed by atoms with Gasteiger partial charge >= 0.3 is 11.9 Å². The first-order valence-corrected chi connectivity index (χ1v) is 25.2. The van der Waals surface area contributed by atoms with Gasteiger partial charge in [-0.05, 0) is 96.3 Å². The Morgan fingerprint density at radius 2 is 0.741 bits per heavy atom. The van der Waals surface area contributed by atoms with Gasteiger partial charge in [-0.2, -0.15) is 0 Å². The SMILES string of the molecule is CCCC/C=C\CCCCCCCCOCC(COC(=O)CCCCCCCCC/C=C\C/C=C\CCCCC)OC(=O)CCCCCCC/C=C\CCCCCC. The molecule has 1 unspecified atom stereocenters. The molecule has 0 heterocycles. The summed E-state index contributed by atoms with van der Waals surface area (Å²) in [5.74, 6) is -0.413. The Bertz CT molecular complexity index is 966. The molecule has 0 aliphatic rings. The molecule has 0 saturated carbocycles. The van der Waals surface area contributed by atoms with Crippen LogP contribution in [0.5, 0.6) is 0 Å². The third kappa shape index (κ3) is 46.5. The molecule has 0 radical (unpaired) electrons. The van der Waals surface area contributed by atoms with Crippen molar-refractivity contribution in [2.75, 3.05) is 19.8 Å². The van der Waals surface area contributed by atoms with Crippen molar-refractivity contribution in [3.63, 3.8) is 0 Å². The molecule has 58 heavy (non-hydrogen) atoms. The molecule has 0 bridgehead atoms. The van der Waals surface area contributed by atoms with Crippen molar-refractivity contribution in [3.05, 3.63) is 48.6 Å². The number of unbranched alkanes of at least 4 members (excludes halogenated alkanes) is 27. The van der Waals surface area contributed by atoms with E-state index in [0.717, 1.165) is 64.2 Å². The average molecular weight is 813 g/mol. The Morgan fingerprint density at radius 1 is 0.379 bits per heavy atom. The van der Waals surface area contributed by atoms with Crippen LogP contribution in [0.3, 0.4) is 0 Å². The van der Waals surface area contributed by atoms with E-state index >= 15 is 0 Å². The number of esters is 2. The van der Waals surface area contributed by atoms with Crippen LogP contribution in [0.4, 0.5) is 0 Å². The van der Waals surface area contributed by atoms with Gasteiger partial charge in [0.25, 0.3) is 0 Å². The molecule has 0 N–H and O–H groups in total. The van der Waals surface area contributed by atoms with Crippen LogP contribution >= 0.6 is 0 Å². The van der Waals surface area contributed by atoms with Gasteiger partial charge in [0.1, 0.15) is 6.61 Å². The van der Waals surface area contributed by atoms with Gasteiger partial charge < -0.3 is 14.2 Å². The number of rotatable bonds is 46. The lowest BCUT2D eigenvalue weighted by Crippen LogP contribution is -2.30. The zero-order chi connectivity index (χ0) is 42.1. The summed E-state index contributed by atoms with van der Waals surface area (Å²) in [6, 6.07) is 0. The molecule has 0 amide bonds. The molecule has 0 rings (SSSR count). The first-order chi connectivity index (χ1) is 28.6. The number of hydrogen-bond donors (Lipinski definition) is 0. The Hall–Kier alpha value is -2.14. The van der Waals surface area contributed by atoms with Crippen molar-refractivity contribution in [1.82, 2.24) is 0 Å². The maximum atomic E-state index is 12.8. The smallest absolute Gasteiger partial charge is 0.306 e. The standard InChI is InChI=1S/C53H96O5/c1-4-7-10-13-16-19-22-25-26-27-28-30-31-34-37-40-43-46-52(54)57-50-51(49-56-48-45-42-39-36-33-24-21-18-15-12-9-6-3)58-53(55)47-44-41-38-35-32-29-23-20-17-14-11-8-5-2/h15-16,18-20,23,25-26,51H,4-14,17,21-22,24,27-50H2,1-3H3/b18-15-,19-16-,23-20-,26-25-. The number of allylic oxidation sites excluding steroid dienone is 8. The normalized spacial score (nSPS) is 12.5. The summed E-state index contributed by atoms with van der Waals surface area (Å²) in [6.07, 6.45) is 59.6. The molecule has 0 spiro atoms. The largest absolute Gasteiger partial charge is 0.462 e. The third-order valence-corrected chi connectivity index (χ3v) is 10.8. The van der Waals surface area contributed by atoms with E-state index in [2.05, 4.69) is 69.4 Å². The van der Waals surface area contributed by atoms with Crippen molar-refractivity contribution in [3.8, 4) is 0 Å². The van der Waals surface area contributed by atoms with Crippen LogP contribution in [0, 0.1) is 0 Å². The average Bonchev–Trinajstić information content (AvgIpc) is 3.22. The highest BCUT2D eigenvalue weighted by atomic mass is 16.6. The van der Waals surface area contributed by atoms with Crippen LogP contribution in [0.15, 0.2) is 48.6 Å². The van der Waals surface area contributed by atoms with E-state index in [4.69, 9.17) is 14.2 Å². The highest BCUT2D eigenvalue weighted by Gasteiger charge is 2.17. The molecule has 0 aliphatic carbocycles. The molecule has 5 heteroatoms. The van der Waals surface area contributed by atoms with Gasteiger partial charge in [0.15, 0.2) is 6.10 Å². The monoisotopic (exact) mass is 813 g/mol. The summed E-state index contributed by atoms with van der Waals surface area (Å²) in [6.45, 7) is 7.75. The maximum absolute atomic E-state index is 12.8. The first kappa shape index (κ1) is 55.9. The van der Waals surface area contributed by atoms with Crippen LogP contribution < -0.4 is 0 Å². The van der Waals surface area contributed by atoms with Crippen LogP contribution in [0.1, 0.15) is 252 Å². The van der Waals surface area contributed by atoms with Crippen molar-refractivity contribution in [1.29, 1.82) is 0 Å². The van der Waals surface area contributed by atoms with E-state index in [-0.39, 0.29) is 25.2 Å². The number of hydrogen-bond acceptors (Lipinski definition) is 5. The fraction of sp³-hybridized carbons (Fsp3) is 0.811. The van der Waals surface area contributed by atoms with Crippen LogP contribution in [0.25, 0.3) is 0 Å². The summed E-state index contributed by atoms with van der Waals surface area (Å²) in [5, 5.41) is 0. The van der Waals surface area contributed by atoms with E-state index in [1.54, 1.807) is 0 Å². The Balaban J connectivity index is 4.26. The molecular formula is C53H96O5. The molecule has 0 aromatic rings. The summed E-state index contributed by atoms with van der Waals surface area (Å²) < 4.78 is 17.4. The second kappa shape index (κ2) is 49.2. The quantitative estimate of drug-likeness (QED) is 0.0348. The minimum Gasteiger partial charge on any atom is -0.462 e. The highest BCUT2D eigenvalue weighted by molar-refractivity contribution is 5.70. The third-order valence-electron chi connectivity index (χ3n) is 10.8. The molecule has 5 nitrogen and oxygen atoms in total. The number of carbonyl (C=O) groups is 2. The van der Waals surface area contributed by atoms with Gasteiger partial charge in [-0.3, -0.25) is 9.59 Å². The maximum Gasteiger partial charge on any atom is 0.306 e. The van der Waals surface area contributed by atoms with Crippen LogP contribution in [-0.2, 0) is 23.8 Å². The molecule has 0 saturated heterocycles. The number of carbonyl (C=O) groups excluding carboxylic acids is 2. The molecule has 0 fully saturated rings. The molecule has 0 aromatic carbocycles. The van der Waals surface area contributed by atoms with Crippen molar-refractivity contribution < 1.29 is 23.8 Å². The lowest BCUT2D eigenvalue weighted by molar-refractivity contribution is -0.163. The summed E-state index contributed by atoms with van der Waals surface area (Å²) in [5.41, 5.74) is 0. The fourth-order valence-electron chi connectivity index (χ4n) is 6.99. The first-order valence-electron chi connectivity index (χ1n) is 25.2. The van der Waals surface area contributed by atoms with E-state index in [1.165, 1.54) is 154 Å². The van der Waals surface area contributed by atoms with Crippen LogP contribution in [0.2, 0.25) is 0 Å². The number of ether oxygens (including phenoxy) is 3. The minimum absolute atomic E-state index is 0.0767. The second-order valence-corrected chi connectivity index (χ2v) is 16.7. The zero-order valence-corrected chi connectivity index (χ0v) is 38.8. The summed E-state index contributed by atoms with van der Waals surface area (Å²) in [7, 11) is 0. The van der Waals surface area contributed by atoms with Gasteiger partial charge in [-0.15, -0.1) is 0 Å². The van der Waals surface area contributed by atoms with E-state index < -0.39 is 6.10 Å². The zero-order valence-electron chi connectivity index (χ0n) is 38.8. The van der Waals surface area contributed by atoms with Gasteiger partial charge in [0.05, 0.1) is 6.61 Å². The lowest BCUT2D eigenvalue weighted by Gasteiger charge is -2.18. The van der Waals surface area contributed by atoms with Crippen LogP contribution in [-0.4, -0.2) is 37.9 Å². The van der Waals surface area contributed by atoms with Gasteiger partial charge in [-0.25, -0.2) is 0 Å². The van der Waals surface area contributed by atoms with Gasteiger partial charge in [0, 0.05) is 19.4 Å². The fourth-order valence-corrected chi connectivity index (χ4v) is 6.99. The Morgan fingerprint density at radius 3 is 1.24 bits per heavy atom. The van der Waals surface area contributed by atoms with Crippen molar-refractivity contribution >= 4 is 11.9 Å². The Labute approximate surface area is 361 Å². The second-order valence-electron chi connectivity index (χ2n) is 16.7. The van der Waals surface area contributed by atoms with Gasteiger partial charge in [-0.1, -0.05) is 191 Å².